The quantitative estimate of drug-likeness (QED) is 0.523. The van der Waals surface area contributed by atoms with Gasteiger partial charge in [-0.1, -0.05) is 0 Å². The fourth-order valence-corrected chi connectivity index (χ4v) is 0.787. The molecule has 0 rings (SSSR count). The number of nitrogens with one attached hydrogen (secondary N) is 1. The van der Waals surface area contributed by atoms with Crippen molar-refractivity contribution in [3.05, 3.63) is 0 Å². The minimum atomic E-state index is -2.79. The van der Waals surface area contributed by atoms with Crippen LogP contribution < -0.4 is 5.32 Å². The van der Waals surface area contributed by atoms with Crippen LogP contribution in [-0.4, -0.2) is 27.6 Å². The highest BCUT2D eigenvalue weighted by molar-refractivity contribution is 7.90. The zero-order chi connectivity index (χ0) is 5.91. The molecule has 7 heavy (non-hydrogen) atoms. The van der Waals surface area contributed by atoms with Crippen LogP contribution in [0.25, 0.3) is 0 Å². The Balaban J connectivity index is 3.60. The van der Waals surface area contributed by atoms with Crippen molar-refractivity contribution < 1.29 is 8.42 Å². The topological polar surface area (TPSA) is 46.2 Å². The Kier molecular flexibility index (Phi) is 2.25. The molecule has 0 fully saturated rings. The first-order valence-corrected chi connectivity index (χ1v) is 3.94. The molecule has 0 unspecified atom stereocenters. The summed E-state index contributed by atoms with van der Waals surface area (Å²) < 4.78 is 20.3. The van der Waals surface area contributed by atoms with Gasteiger partial charge in [-0.05, 0) is 7.05 Å². The van der Waals surface area contributed by atoms with E-state index in [-0.39, 0.29) is 5.88 Å². The van der Waals surface area contributed by atoms with Gasteiger partial charge in [0.15, 0.2) is 9.84 Å². The third kappa shape index (κ3) is 5.91. The Hall–Kier alpha value is -0.0900. The Morgan fingerprint density at radius 1 is 1.57 bits per heavy atom. The molecular weight excluding hydrogens is 114 g/mol. The largest absolute Gasteiger partial charge is 0.307 e. The highest BCUT2D eigenvalue weighted by Gasteiger charge is 1.94. The summed E-state index contributed by atoms with van der Waals surface area (Å²) in [6.45, 7) is 0. The predicted molar refractivity (Wildman–Crippen MR) is 28.8 cm³/mol. The number of rotatable bonds is 2. The number of hydrogen-bond acceptors (Lipinski definition) is 3. The summed E-state index contributed by atoms with van der Waals surface area (Å²) in [6, 6.07) is 0. The molecule has 0 bridgehead atoms. The second-order valence-electron chi connectivity index (χ2n) is 1.42. The minimum Gasteiger partial charge on any atom is -0.307 e. The van der Waals surface area contributed by atoms with Crippen LogP contribution in [0.4, 0.5) is 0 Å². The lowest BCUT2D eigenvalue weighted by atomic mass is 11.3. The van der Waals surface area contributed by atoms with Crippen LogP contribution in [0.3, 0.4) is 0 Å². The minimum absolute atomic E-state index is 0.0625. The molecule has 0 aliphatic carbocycles. The normalized spacial score (nSPS) is 11.7. The monoisotopic (exact) mass is 123 g/mol. The molecule has 3 nitrogen and oxygen atoms in total. The first-order chi connectivity index (χ1) is 3.06. The molecule has 0 saturated carbocycles. The van der Waals surface area contributed by atoms with E-state index in [1.807, 2.05) is 0 Å². The van der Waals surface area contributed by atoms with E-state index in [1.165, 1.54) is 6.26 Å². The second kappa shape index (κ2) is 2.28. The van der Waals surface area contributed by atoms with Crippen molar-refractivity contribution in [3.63, 3.8) is 0 Å². The van der Waals surface area contributed by atoms with Crippen LogP contribution in [-0.2, 0) is 9.84 Å². The van der Waals surface area contributed by atoms with E-state index < -0.39 is 9.84 Å². The molecule has 0 spiro atoms. The van der Waals surface area contributed by atoms with Gasteiger partial charge in [0, 0.05) is 6.26 Å². The summed E-state index contributed by atoms with van der Waals surface area (Å²) in [5.74, 6) is 0.0625. The van der Waals surface area contributed by atoms with E-state index in [2.05, 4.69) is 5.32 Å². The molecule has 0 saturated heterocycles. The Bertz CT molecular complexity index is 126. The van der Waals surface area contributed by atoms with Crippen LogP contribution in [0.2, 0.25) is 0 Å². The molecule has 0 heterocycles. The van der Waals surface area contributed by atoms with E-state index in [0.717, 1.165) is 0 Å². The average molecular weight is 123 g/mol. The summed E-state index contributed by atoms with van der Waals surface area (Å²) in [5.41, 5.74) is 0. The van der Waals surface area contributed by atoms with Crippen LogP contribution in [0.15, 0.2) is 0 Å². The van der Waals surface area contributed by atoms with Crippen LogP contribution >= 0.6 is 0 Å². The van der Waals surface area contributed by atoms with Crippen LogP contribution in [0.5, 0.6) is 0 Å². The maximum absolute atomic E-state index is 10.2. The van der Waals surface area contributed by atoms with Crippen molar-refractivity contribution in [1.29, 1.82) is 0 Å². The molecule has 0 atom stereocenters. The average Bonchev–Trinajstić information content (AvgIpc) is 1.30. The molecule has 0 aliphatic rings. The zero-order valence-corrected chi connectivity index (χ0v) is 5.25. The van der Waals surface area contributed by atoms with E-state index in [1.54, 1.807) is 7.05 Å². The maximum Gasteiger partial charge on any atom is 0.160 e. The van der Waals surface area contributed by atoms with Crippen molar-refractivity contribution in [1.82, 2.24) is 5.32 Å². The van der Waals surface area contributed by atoms with Gasteiger partial charge in [0.25, 0.3) is 0 Å². The standard InChI is InChI=1S/C3H9NO2S/c1-4-3-7(2,5)6/h4H,3H2,1-2H3. The summed E-state index contributed by atoms with van der Waals surface area (Å²) in [5, 5.41) is 2.52. The van der Waals surface area contributed by atoms with Crippen molar-refractivity contribution in [3.8, 4) is 0 Å². The molecule has 1 N–H and O–H groups in total. The zero-order valence-electron chi connectivity index (χ0n) is 4.43. The lowest BCUT2D eigenvalue weighted by molar-refractivity contribution is 0.597. The SMILES string of the molecule is CNCS(C)(=O)=O. The molecular formula is C3H9NO2S. The second-order valence-corrected chi connectivity index (χ2v) is 3.56. The number of hydrogen-bond donors (Lipinski definition) is 1. The Morgan fingerprint density at radius 3 is 2.00 bits per heavy atom. The van der Waals surface area contributed by atoms with E-state index in [4.69, 9.17) is 0 Å². The third-order valence-corrected chi connectivity index (χ3v) is 1.22. The van der Waals surface area contributed by atoms with E-state index >= 15 is 0 Å². The maximum atomic E-state index is 10.2. The highest BCUT2D eigenvalue weighted by atomic mass is 32.2. The molecule has 0 aromatic rings. The van der Waals surface area contributed by atoms with Gasteiger partial charge in [-0.25, -0.2) is 8.42 Å². The van der Waals surface area contributed by atoms with Crippen molar-refractivity contribution in [2.75, 3.05) is 19.2 Å². The van der Waals surface area contributed by atoms with Gasteiger partial charge in [-0.2, -0.15) is 0 Å². The number of sulfone groups is 1. The molecule has 44 valence electrons. The van der Waals surface area contributed by atoms with Gasteiger partial charge in [0.2, 0.25) is 0 Å². The summed E-state index contributed by atoms with van der Waals surface area (Å²) >= 11 is 0. The van der Waals surface area contributed by atoms with Crippen molar-refractivity contribution >= 4 is 9.84 Å². The molecule has 0 radical (unpaired) electrons. The Morgan fingerprint density at radius 2 is 2.00 bits per heavy atom. The van der Waals surface area contributed by atoms with E-state index in [0.29, 0.717) is 0 Å². The predicted octanol–water partition coefficient (Wildman–Crippen LogP) is -0.792. The van der Waals surface area contributed by atoms with Crippen LogP contribution in [0, 0.1) is 0 Å². The van der Waals surface area contributed by atoms with Crippen LogP contribution in [0.1, 0.15) is 0 Å². The lowest BCUT2D eigenvalue weighted by Gasteiger charge is -1.90. The summed E-state index contributed by atoms with van der Waals surface area (Å²) in [6.07, 6.45) is 1.18. The molecule has 0 amide bonds. The van der Waals surface area contributed by atoms with Crippen molar-refractivity contribution in [2.24, 2.45) is 0 Å². The fourth-order valence-electron chi connectivity index (χ4n) is 0.262. The third-order valence-electron chi connectivity index (χ3n) is 0.407. The smallest absolute Gasteiger partial charge is 0.160 e. The van der Waals surface area contributed by atoms with E-state index in [9.17, 15) is 8.42 Å². The first-order valence-electron chi connectivity index (χ1n) is 1.88. The van der Waals surface area contributed by atoms with Gasteiger partial charge >= 0.3 is 0 Å². The fraction of sp³-hybridized carbons (Fsp3) is 1.00. The summed E-state index contributed by atoms with van der Waals surface area (Å²) in [4.78, 5) is 0. The van der Waals surface area contributed by atoms with Crippen molar-refractivity contribution in [2.45, 2.75) is 0 Å². The van der Waals surface area contributed by atoms with Gasteiger partial charge in [-0.3, -0.25) is 0 Å². The highest BCUT2D eigenvalue weighted by Crippen LogP contribution is 1.72. The molecule has 0 aliphatic heterocycles. The Labute approximate surface area is 43.6 Å². The van der Waals surface area contributed by atoms with Gasteiger partial charge < -0.3 is 5.32 Å². The molecule has 0 aromatic carbocycles. The molecule has 4 heteroatoms. The van der Waals surface area contributed by atoms with Gasteiger partial charge in [0.05, 0.1) is 5.88 Å². The lowest BCUT2D eigenvalue weighted by Crippen LogP contribution is -2.16. The first kappa shape index (κ1) is 6.91. The molecule has 0 aromatic heterocycles. The summed E-state index contributed by atoms with van der Waals surface area (Å²) in [7, 11) is -1.19. The van der Waals surface area contributed by atoms with Gasteiger partial charge in [0.1, 0.15) is 0 Å². The van der Waals surface area contributed by atoms with Gasteiger partial charge in [-0.15, -0.1) is 0 Å².